The van der Waals surface area contributed by atoms with Gasteiger partial charge in [0.15, 0.2) is 0 Å². The molecule has 0 N–H and O–H groups in total. The number of nitrogens with zero attached hydrogens (tertiary/aromatic N) is 2. The van der Waals surface area contributed by atoms with Crippen molar-refractivity contribution in [2.45, 2.75) is 38.5 Å². The van der Waals surface area contributed by atoms with E-state index in [9.17, 15) is 18.0 Å². The Morgan fingerprint density at radius 2 is 2.04 bits per heavy atom. The van der Waals surface area contributed by atoms with Gasteiger partial charge >= 0.3 is 6.18 Å². The molecule has 1 fully saturated rings. The van der Waals surface area contributed by atoms with E-state index in [0.29, 0.717) is 5.69 Å². The van der Waals surface area contributed by atoms with Gasteiger partial charge in [-0.1, -0.05) is 23.4 Å². The van der Waals surface area contributed by atoms with Crippen molar-refractivity contribution in [2.24, 2.45) is 0 Å². The summed E-state index contributed by atoms with van der Waals surface area (Å²) in [6.45, 7) is 1.58. The second-order valence-corrected chi connectivity index (χ2v) is 5.65. The van der Waals surface area contributed by atoms with E-state index in [1.54, 1.807) is 13.0 Å². The average molecular weight is 324 g/mol. The molecule has 0 saturated heterocycles. The Morgan fingerprint density at radius 1 is 1.35 bits per heavy atom. The van der Waals surface area contributed by atoms with Gasteiger partial charge in [-0.25, -0.2) is 0 Å². The molecule has 7 heteroatoms. The summed E-state index contributed by atoms with van der Waals surface area (Å²) in [5.41, 5.74) is -0.0801. The summed E-state index contributed by atoms with van der Waals surface area (Å²) < 4.78 is 44.3. The summed E-state index contributed by atoms with van der Waals surface area (Å²) in [5, 5.41) is 3.66. The monoisotopic (exact) mass is 324 g/mol. The molecule has 1 aliphatic rings. The van der Waals surface area contributed by atoms with E-state index in [2.05, 4.69) is 5.16 Å². The number of benzene rings is 1. The lowest BCUT2D eigenvalue weighted by molar-refractivity contribution is -0.138. The molecule has 1 amide bonds. The van der Waals surface area contributed by atoms with Crippen LogP contribution in [0.4, 0.5) is 13.2 Å². The van der Waals surface area contributed by atoms with Gasteiger partial charge in [-0.05, 0) is 31.4 Å². The highest BCUT2D eigenvalue weighted by Crippen LogP contribution is 2.35. The van der Waals surface area contributed by atoms with Crippen LogP contribution >= 0.6 is 0 Å². The van der Waals surface area contributed by atoms with Gasteiger partial charge in [-0.2, -0.15) is 13.2 Å². The lowest BCUT2D eigenvalue weighted by Gasteiger charge is -2.23. The number of aryl methyl sites for hydroxylation is 1. The van der Waals surface area contributed by atoms with E-state index in [0.717, 1.165) is 18.9 Å². The predicted octanol–water partition coefficient (Wildman–Crippen LogP) is 3.81. The Morgan fingerprint density at radius 3 is 2.61 bits per heavy atom. The van der Waals surface area contributed by atoms with E-state index >= 15 is 0 Å². The number of amides is 1. The Labute approximate surface area is 130 Å². The van der Waals surface area contributed by atoms with Gasteiger partial charge in [0.25, 0.3) is 5.91 Å². The number of carbonyl (C=O) groups is 1. The zero-order chi connectivity index (χ0) is 16.6. The molecule has 122 valence electrons. The van der Waals surface area contributed by atoms with Crippen molar-refractivity contribution in [3.8, 4) is 0 Å². The smallest absolute Gasteiger partial charge is 0.351 e. The van der Waals surface area contributed by atoms with Crippen molar-refractivity contribution >= 4 is 5.91 Å². The molecule has 1 heterocycles. The topological polar surface area (TPSA) is 46.3 Å². The minimum Gasteiger partial charge on any atom is -0.351 e. The molecule has 2 aromatic rings. The lowest BCUT2D eigenvalue weighted by atomic mass is 10.1. The molecule has 1 aromatic heterocycles. The van der Waals surface area contributed by atoms with Gasteiger partial charge in [-0.15, -0.1) is 0 Å². The normalized spacial score (nSPS) is 14.8. The van der Waals surface area contributed by atoms with Gasteiger partial charge in [0, 0.05) is 18.7 Å². The largest absolute Gasteiger partial charge is 0.416 e. The molecule has 0 bridgehead atoms. The first-order valence-corrected chi connectivity index (χ1v) is 7.25. The number of alkyl halides is 3. The van der Waals surface area contributed by atoms with Crippen molar-refractivity contribution in [1.29, 1.82) is 0 Å². The molecule has 23 heavy (non-hydrogen) atoms. The number of carbonyl (C=O) groups excluding carboxylic acids is 1. The van der Waals surface area contributed by atoms with Crippen LogP contribution in [0.5, 0.6) is 0 Å². The molecule has 1 aromatic carbocycles. The van der Waals surface area contributed by atoms with Crippen LogP contribution in [0.1, 0.15) is 40.2 Å². The third-order valence-corrected chi connectivity index (χ3v) is 3.75. The number of rotatable bonds is 4. The first-order valence-electron chi connectivity index (χ1n) is 7.25. The fourth-order valence-corrected chi connectivity index (χ4v) is 2.48. The van der Waals surface area contributed by atoms with Gasteiger partial charge in [0.1, 0.15) is 0 Å². The van der Waals surface area contributed by atoms with Crippen LogP contribution < -0.4 is 0 Å². The summed E-state index contributed by atoms with van der Waals surface area (Å²) in [6, 6.07) is 6.76. The van der Waals surface area contributed by atoms with E-state index in [1.165, 1.54) is 23.1 Å². The van der Waals surface area contributed by atoms with E-state index in [4.69, 9.17) is 4.52 Å². The molecular weight excluding hydrogens is 309 g/mol. The summed E-state index contributed by atoms with van der Waals surface area (Å²) in [4.78, 5) is 14.0. The maximum atomic E-state index is 13.1. The van der Waals surface area contributed by atoms with Gasteiger partial charge in [0.2, 0.25) is 5.76 Å². The molecule has 0 spiro atoms. The maximum absolute atomic E-state index is 13.1. The zero-order valence-corrected chi connectivity index (χ0v) is 12.4. The molecular formula is C16H15F3N2O2. The Balaban J connectivity index is 1.88. The fraction of sp³-hybridized carbons (Fsp3) is 0.375. The summed E-state index contributed by atoms with van der Waals surface area (Å²) in [7, 11) is 0. The second-order valence-electron chi connectivity index (χ2n) is 5.65. The number of hydrogen-bond donors (Lipinski definition) is 0. The van der Waals surface area contributed by atoms with Gasteiger partial charge in [0.05, 0.1) is 11.3 Å². The van der Waals surface area contributed by atoms with Crippen molar-refractivity contribution in [1.82, 2.24) is 10.1 Å². The van der Waals surface area contributed by atoms with Crippen molar-refractivity contribution in [2.75, 3.05) is 0 Å². The van der Waals surface area contributed by atoms with Crippen LogP contribution in [0.2, 0.25) is 0 Å². The summed E-state index contributed by atoms with van der Waals surface area (Å²) in [6.07, 6.45) is -2.88. The molecule has 0 unspecified atom stereocenters. The number of aromatic nitrogens is 1. The molecule has 1 saturated carbocycles. The third-order valence-electron chi connectivity index (χ3n) is 3.75. The first kappa shape index (κ1) is 15.6. The molecule has 1 aliphatic carbocycles. The predicted molar refractivity (Wildman–Crippen MR) is 75.6 cm³/mol. The van der Waals surface area contributed by atoms with Crippen LogP contribution in [0, 0.1) is 6.92 Å². The number of halogens is 3. The minimum absolute atomic E-state index is 0.0470. The highest BCUT2D eigenvalue weighted by Gasteiger charge is 2.38. The Kier molecular flexibility index (Phi) is 3.87. The number of hydrogen-bond acceptors (Lipinski definition) is 3. The standard InChI is InChI=1S/C16H15F3N2O2/c1-10-8-14(23-20-10)15(22)21(12-6-7-12)9-11-4-2-3-5-13(11)16(17,18)19/h2-5,8,12H,6-7,9H2,1H3. The van der Waals surface area contributed by atoms with Crippen molar-refractivity contribution in [3.05, 3.63) is 52.9 Å². The van der Waals surface area contributed by atoms with Gasteiger partial charge in [-0.3, -0.25) is 4.79 Å². The highest BCUT2D eigenvalue weighted by molar-refractivity contribution is 5.91. The summed E-state index contributed by atoms with van der Waals surface area (Å²) in [5.74, 6) is -0.371. The van der Waals surface area contributed by atoms with Crippen molar-refractivity contribution < 1.29 is 22.5 Å². The van der Waals surface area contributed by atoms with Crippen LogP contribution in [0.15, 0.2) is 34.9 Å². The van der Waals surface area contributed by atoms with Crippen LogP contribution in [-0.4, -0.2) is 22.0 Å². The highest BCUT2D eigenvalue weighted by atomic mass is 19.4. The van der Waals surface area contributed by atoms with E-state index in [-0.39, 0.29) is 23.9 Å². The van der Waals surface area contributed by atoms with Crippen LogP contribution in [-0.2, 0) is 12.7 Å². The Hall–Kier alpha value is -2.31. The molecule has 0 radical (unpaired) electrons. The van der Waals surface area contributed by atoms with Crippen molar-refractivity contribution in [3.63, 3.8) is 0 Å². The van der Waals surface area contributed by atoms with E-state index < -0.39 is 17.6 Å². The van der Waals surface area contributed by atoms with Crippen LogP contribution in [0.25, 0.3) is 0 Å². The Bertz CT molecular complexity index is 720. The third kappa shape index (κ3) is 3.38. The molecule has 0 atom stereocenters. The zero-order valence-electron chi connectivity index (χ0n) is 12.4. The molecule has 0 aliphatic heterocycles. The maximum Gasteiger partial charge on any atom is 0.416 e. The summed E-state index contributed by atoms with van der Waals surface area (Å²) >= 11 is 0. The average Bonchev–Trinajstić information content (AvgIpc) is 3.24. The lowest BCUT2D eigenvalue weighted by Crippen LogP contribution is -2.33. The fourth-order valence-electron chi connectivity index (χ4n) is 2.48. The van der Waals surface area contributed by atoms with Crippen LogP contribution in [0.3, 0.4) is 0 Å². The molecule has 4 nitrogen and oxygen atoms in total. The van der Waals surface area contributed by atoms with E-state index in [1.807, 2.05) is 0 Å². The second kappa shape index (κ2) is 5.72. The first-order chi connectivity index (χ1) is 10.9. The minimum atomic E-state index is -4.45. The molecule has 3 rings (SSSR count). The SMILES string of the molecule is Cc1cc(C(=O)N(Cc2ccccc2C(F)(F)F)C2CC2)on1. The quantitative estimate of drug-likeness (QED) is 0.859. The van der Waals surface area contributed by atoms with Gasteiger partial charge < -0.3 is 9.42 Å².